The van der Waals surface area contributed by atoms with Crippen LogP contribution < -0.4 is 0 Å². The van der Waals surface area contributed by atoms with Crippen LogP contribution in [0.25, 0.3) is 0 Å². The number of likely N-dealkylation sites (N-methyl/N-ethyl adjacent to an activating group) is 1. The predicted octanol–water partition coefficient (Wildman–Crippen LogP) is 0.553. The fourth-order valence-electron chi connectivity index (χ4n) is 1.25. The van der Waals surface area contributed by atoms with Crippen LogP contribution in [0.4, 0.5) is 0 Å². The van der Waals surface area contributed by atoms with Crippen molar-refractivity contribution in [1.82, 2.24) is 14.5 Å². The van der Waals surface area contributed by atoms with Crippen molar-refractivity contribution in [2.75, 3.05) is 13.6 Å². The van der Waals surface area contributed by atoms with Crippen LogP contribution >= 0.6 is 11.5 Å². The van der Waals surface area contributed by atoms with Gasteiger partial charge in [-0.25, -0.2) is 0 Å². The van der Waals surface area contributed by atoms with Crippen LogP contribution in [0.15, 0.2) is 0 Å². The van der Waals surface area contributed by atoms with Gasteiger partial charge in [0.05, 0.1) is 11.8 Å². The molecule has 0 saturated carbocycles. The first-order chi connectivity index (χ1) is 7.06. The Morgan fingerprint density at radius 1 is 1.67 bits per heavy atom. The molecule has 0 aromatic carbocycles. The van der Waals surface area contributed by atoms with Crippen LogP contribution in [0.2, 0.25) is 0 Å². The van der Waals surface area contributed by atoms with Crippen molar-refractivity contribution >= 4 is 17.4 Å². The highest BCUT2D eigenvalue weighted by atomic mass is 32.1. The molecule has 15 heavy (non-hydrogen) atoms. The lowest BCUT2D eigenvalue weighted by molar-refractivity contribution is 0.0707. The molecule has 0 saturated heterocycles. The van der Waals surface area contributed by atoms with Crippen molar-refractivity contribution in [1.29, 1.82) is 0 Å². The summed E-state index contributed by atoms with van der Waals surface area (Å²) in [6, 6.07) is 0. The Morgan fingerprint density at radius 2 is 2.33 bits per heavy atom. The quantitative estimate of drug-likeness (QED) is 0.819. The van der Waals surface area contributed by atoms with Crippen molar-refractivity contribution in [3.8, 4) is 0 Å². The Morgan fingerprint density at radius 3 is 2.87 bits per heavy atom. The molecule has 1 N–H and O–H groups in total. The molecule has 1 aromatic heterocycles. The standard InChI is InChI=1S/C9H15N3O2S/c1-4-7-8(15-11-10-7)9(14)12(3)5-6(2)13/h6,13H,4-5H2,1-3H3. The zero-order valence-corrected chi connectivity index (χ0v) is 9.91. The number of hydrogen-bond donors (Lipinski definition) is 1. The smallest absolute Gasteiger partial charge is 0.267 e. The molecule has 6 heteroatoms. The minimum atomic E-state index is -0.523. The highest BCUT2D eigenvalue weighted by molar-refractivity contribution is 7.07. The number of hydrogen-bond acceptors (Lipinski definition) is 5. The van der Waals surface area contributed by atoms with E-state index in [0.29, 0.717) is 17.8 Å². The van der Waals surface area contributed by atoms with E-state index < -0.39 is 6.10 Å². The van der Waals surface area contributed by atoms with Gasteiger partial charge in [0.15, 0.2) is 0 Å². The molecule has 0 spiro atoms. The first-order valence-electron chi connectivity index (χ1n) is 4.81. The van der Waals surface area contributed by atoms with Gasteiger partial charge in [-0.1, -0.05) is 11.4 Å². The van der Waals surface area contributed by atoms with E-state index in [1.165, 1.54) is 4.90 Å². The van der Waals surface area contributed by atoms with Crippen LogP contribution in [0.3, 0.4) is 0 Å². The molecule has 5 nitrogen and oxygen atoms in total. The van der Waals surface area contributed by atoms with Gasteiger partial charge in [-0.15, -0.1) is 5.10 Å². The fourth-order valence-corrected chi connectivity index (χ4v) is 2.00. The molecular weight excluding hydrogens is 214 g/mol. The maximum atomic E-state index is 11.9. The first kappa shape index (κ1) is 12.1. The summed E-state index contributed by atoms with van der Waals surface area (Å²) < 4.78 is 3.76. The van der Waals surface area contributed by atoms with Crippen molar-refractivity contribution in [3.05, 3.63) is 10.6 Å². The molecule has 1 atom stereocenters. The van der Waals surface area contributed by atoms with E-state index in [4.69, 9.17) is 0 Å². The zero-order valence-electron chi connectivity index (χ0n) is 9.10. The number of aryl methyl sites for hydroxylation is 1. The van der Waals surface area contributed by atoms with E-state index in [-0.39, 0.29) is 5.91 Å². The summed E-state index contributed by atoms with van der Waals surface area (Å²) in [6.45, 7) is 3.90. The predicted molar refractivity (Wildman–Crippen MR) is 57.9 cm³/mol. The number of carbonyl (C=O) groups is 1. The van der Waals surface area contributed by atoms with Gasteiger partial charge in [0.2, 0.25) is 0 Å². The van der Waals surface area contributed by atoms with Crippen LogP contribution in [0.1, 0.15) is 29.2 Å². The first-order valence-corrected chi connectivity index (χ1v) is 5.58. The van der Waals surface area contributed by atoms with E-state index >= 15 is 0 Å². The van der Waals surface area contributed by atoms with Gasteiger partial charge in [-0.3, -0.25) is 4.79 Å². The normalized spacial score (nSPS) is 12.5. The Bertz CT molecular complexity index is 338. The van der Waals surface area contributed by atoms with E-state index in [1.54, 1.807) is 14.0 Å². The molecule has 0 aliphatic carbocycles. The molecular formula is C9H15N3O2S. The van der Waals surface area contributed by atoms with Gasteiger partial charge in [0, 0.05) is 13.6 Å². The van der Waals surface area contributed by atoms with Crippen LogP contribution in [-0.2, 0) is 6.42 Å². The van der Waals surface area contributed by atoms with Gasteiger partial charge < -0.3 is 10.0 Å². The monoisotopic (exact) mass is 229 g/mol. The van der Waals surface area contributed by atoms with E-state index in [9.17, 15) is 9.90 Å². The molecule has 0 aliphatic heterocycles. The fraction of sp³-hybridized carbons (Fsp3) is 0.667. The second kappa shape index (κ2) is 5.18. The molecule has 0 aliphatic rings. The largest absolute Gasteiger partial charge is 0.392 e. The maximum absolute atomic E-state index is 11.9. The Kier molecular flexibility index (Phi) is 4.16. The van der Waals surface area contributed by atoms with Gasteiger partial charge in [0.1, 0.15) is 4.88 Å². The molecule has 84 valence electrons. The molecule has 1 aromatic rings. The second-order valence-electron chi connectivity index (χ2n) is 3.44. The Balaban J connectivity index is 2.76. The SMILES string of the molecule is CCc1nnsc1C(=O)N(C)CC(C)O. The molecule has 1 unspecified atom stereocenters. The van der Waals surface area contributed by atoms with E-state index in [2.05, 4.69) is 9.59 Å². The summed E-state index contributed by atoms with van der Waals surface area (Å²) in [7, 11) is 1.66. The summed E-state index contributed by atoms with van der Waals surface area (Å²) in [6.07, 6.45) is 0.171. The highest BCUT2D eigenvalue weighted by Gasteiger charge is 2.19. The topological polar surface area (TPSA) is 66.3 Å². The molecule has 0 radical (unpaired) electrons. The zero-order chi connectivity index (χ0) is 11.4. The summed E-state index contributed by atoms with van der Waals surface area (Å²) in [5.74, 6) is -0.122. The third-order valence-corrected chi connectivity index (χ3v) is 2.73. The Hall–Kier alpha value is -1.01. The number of carbonyl (C=O) groups excluding carboxylic acids is 1. The molecule has 0 fully saturated rings. The number of aromatic nitrogens is 2. The molecule has 1 heterocycles. The van der Waals surface area contributed by atoms with Crippen LogP contribution in [-0.4, -0.2) is 45.2 Å². The number of rotatable bonds is 4. The average molecular weight is 229 g/mol. The summed E-state index contributed by atoms with van der Waals surface area (Å²) in [5.41, 5.74) is 0.724. The molecule has 0 bridgehead atoms. The van der Waals surface area contributed by atoms with Crippen LogP contribution in [0, 0.1) is 0 Å². The molecule has 1 rings (SSSR count). The lowest BCUT2D eigenvalue weighted by atomic mass is 10.2. The number of amides is 1. The van der Waals surface area contributed by atoms with Crippen LogP contribution in [0.5, 0.6) is 0 Å². The Labute approximate surface area is 92.9 Å². The minimum Gasteiger partial charge on any atom is -0.392 e. The third-order valence-electron chi connectivity index (χ3n) is 1.97. The van der Waals surface area contributed by atoms with Crippen molar-refractivity contribution < 1.29 is 9.90 Å². The van der Waals surface area contributed by atoms with Crippen molar-refractivity contribution in [3.63, 3.8) is 0 Å². The lowest BCUT2D eigenvalue weighted by Gasteiger charge is -2.17. The summed E-state index contributed by atoms with van der Waals surface area (Å²) in [4.78, 5) is 13.9. The van der Waals surface area contributed by atoms with Crippen molar-refractivity contribution in [2.24, 2.45) is 0 Å². The van der Waals surface area contributed by atoms with E-state index in [1.807, 2.05) is 6.92 Å². The van der Waals surface area contributed by atoms with Gasteiger partial charge >= 0.3 is 0 Å². The lowest BCUT2D eigenvalue weighted by Crippen LogP contribution is -2.33. The minimum absolute atomic E-state index is 0.122. The highest BCUT2D eigenvalue weighted by Crippen LogP contribution is 2.13. The molecule has 1 amide bonds. The second-order valence-corrected chi connectivity index (χ2v) is 4.19. The number of aliphatic hydroxyl groups is 1. The average Bonchev–Trinajstić information content (AvgIpc) is 2.62. The number of nitrogens with zero attached hydrogens (tertiary/aromatic N) is 3. The van der Waals surface area contributed by atoms with E-state index in [0.717, 1.165) is 17.2 Å². The van der Waals surface area contributed by atoms with Crippen molar-refractivity contribution in [2.45, 2.75) is 26.4 Å². The third kappa shape index (κ3) is 2.97. The number of aliphatic hydroxyl groups excluding tert-OH is 1. The van der Waals surface area contributed by atoms with Gasteiger partial charge in [-0.2, -0.15) is 0 Å². The summed E-state index contributed by atoms with van der Waals surface area (Å²) in [5, 5.41) is 13.0. The van der Waals surface area contributed by atoms with Gasteiger partial charge in [0.25, 0.3) is 5.91 Å². The maximum Gasteiger partial charge on any atom is 0.267 e. The summed E-state index contributed by atoms with van der Waals surface area (Å²) >= 11 is 1.10. The van der Waals surface area contributed by atoms with Gasteiger partial charge in [-0.05, 0) is 24.9 Å².